The molecule has 0 aromatic heterocycles. The minimum Gasteiger partial charge on any atom is -0.0906 e. The molecule has 0 aromatic rings. The van der Waals surface area contributed by atoms with E-state index in [1.807, 2.05) is 12.2 Å². The van der Waals surface area contributed by atoms with Crippen LogP contribution in [-0.2, 0) is 0 Å². The Morgan fingerprint density at radius 2 is 2.25 bits per heavy atom. The quantitative estimate of drug-likeness (QED) is 0.449. The zero-order chi connectivity index (χ0) is 6.24. The van der Waals surface area contributed by atoms with Crippen LogP contribution in [0.1, 0.15) is 13.3 Å². The normalized spacial score (nSPS) is 8.12. The van der Waals surface area contributed by atoms with Crippen LogP contribution in [0.2, 0.25) is 0 Å². The molecule has 0 radical (unpaired) electrons. The lowest BCUT2D eigenvalue weighted by Gasteiger charge is -1.67. The van der Waals surface area contributed by atoms with Crippen molar-refractivity contribution in [1.82, 2.24) is 0 Å². The maximum absolute atomic E-state index is 3.45. The van der Waals surface area contributed by atoms with Gasteiger partial charge in [0, 0.05) is 0 Å². The van der Waals surface area contributed by atoms with Gasteiger partial charge in [0.25, 0.3) is 0 Å². The van der Waals surface area contributed by atoms with Crippen molar-refractivity contribution < 1.29 is 0 Å². The standard InChI is InChI=1S/C8H10/c1-3-5-7-8-6-4-2/h3,6,8H,1,4H2,2H3. The van der Waals surface area contributed by atoms with Gasteiger partial charge in [0.15, 0.2) is 0 Å². The molecule has 0 fully saturated rings. The number of hydrogen-bond donors (Lipinski definition) is 0. The van der Waals surface area contributed by atoms with E-state index in [0.717, 1.165) is 6.42 Å². The topological polar surface area (TPSA) is 0 Å². The minimum absolute atomic E-state index is 1.05. The van der Waals surface area contributed by atoms with Crippen LogP contribution in [0.4, 0.5) is 0 Å². The summed E-state index contributed by atoms with van der Waals surface area (Å²) in [4.78, 5) is 0. The predicted molar refractivity (Wildman–Crippen MR) is 37.4 cm³/mol. The predicted octanol–water partition coefficient (Wildman–Crippen LogP) is 2.14. The number of allylic oxidation sites excluding steroid dienone is 3. The lowest BCUT2D eigenvalue weighted by molar-refractivity contribution is 1.23. The fourth-order valence-corrected chi connectivity index (χ4v) is 0.284. The summed E-state index contributed by atoms with van der Waals surface area (Å²) in [6.45, 7) is 5.53. The molecule has 0 aromatic carbocycles. The van der Waals surface area contributed by atoms with Gasteiger partial charge < -0.3 is 0 Å². The second-order valence-corrected chi connectivity index (χ2v) is 1.30. The molecule has 0 nitrogen and oxygen atoms in total. The van der Waals surface area contributed by atoms with E-state index in [1.165, 1.54) is 0 Å². The van der Waals surface area contributed by atoms with E-state index in [4.69, 9.17) is 0 Å². The zero-order valence-corrected chi connectivity index (χ0v) is 5.15. The monoisotopic (exact) mass is 106 g/mol. The first kappa shape index (κ1) is 7.04. The average Bonchev–Trinajstić information content (AvgIpc) is 1.81. The third kappa shape index (κ3) is 5.04. The molecular formula is C8H10. The van der Waals surface area contributed by atoms with Crippen molar-refractivity contribution in [1.29, 1.82) is 0 Å². The van der Waals surface area contributed by atoms with Crippen LogP contribution >= 0.6 is 0 Å². The van der Waals surface area contributed by atoms with E-state index < -0.39 is 0 Å². The van der Waals surface area contributed by atoms with Gasteiger partial charge in [-0.2, -0.15) is 0 Å². The van der Waals surface area contributed by atoms with E-state index >= 15 is 0 Å². The summed E-state index contributed by atoms with van der Waals surface area (Å²) in [5.74, 6) is 5.50. The van der Waals surface area contributed by atoms with Gasteiger partial charge in [-0.3, -0.25) is 0 Å². The lowest BCUT2D eigenvalue weighted by atomic mass is 10.4. The van der Waals surface area contributed by atoms with Gasteiger partial charge in [-0.15, -0.1) is 0 Å². The number of hydrogen-bond acceptors (Lipinski definition) is 0. The summed E-state index contributed by atoms with van der Waals surface area (Å²) in [5.41, 5.74) is 0. The van der Waals surface area contributed by atoms with Crippen LogP contribution < -0.4 is 0 Å². The van der Waals surface area contributed by atoms with Gasteiger partial charge in [-0.05, 0) is 18.6 Å². The molecule has 0 heteroatoms. The Kier molecular flexibility index (Phi) is 5.32. The summed E-state index contributed by atoms with van der Waals surface area (Å²) in [6.07, 6.45) is 6.48. The molecule has 0 saturated carbocycles. The lowest BCUT2D eigenvalue weighted by Crippen LogP contribution is -1.50. The maximum atomic E-state index is 3.45. The summed E-state index contributed by atoms with van der Waals surface area (Å²) in [7, 11) is 0. The van der Waals surface area contributed by atoms with Gasteiger partial charge in [-0.25, -0.2) is 0 Å². The SMILES string of the molecule is C=CC#CC=CCC. The molecule has 42 valence electrons. The largest absolute Gasteiger partial charge is 0.0906 e. The molecule has 0 heterocycles. The van der Waals surface area contributed by atoms with Crippen molar-refractivity contribution >= 4 is 0 Å². The zero-order valence-electron chi connectivity index (χ0n) is 5.15. The Morgan fingerprint density at radius 3 is 2.75 bits per heavy atom. The van der Waals surface area contributed by atoms with Gasteiger partial charge >= 0.3 is 0 Å². The molecule has 0 saturated heterocycles. The molecule has 0 amide bonds. The van der Waals surface area contributed by atoms with Gasteiger partial charge in [-0.1, -0.05) is 31.4 Å². The Balaban J connectivity index is 3.40. The summed E-state index contributed by atoms with van der Waals surface area (Å²) in [5, 5.41) is 0. The number of rotatable bonds is 1. The molecule has 0 aliphatic carbocycles. The third-order valence-electron chi connectivity index (χ3n) is 0.622. The van der Waals surface area contributed by atoms with Gasteiger partial charge in [0.2, 0.25) is 0 Å². The highest BCUT2D eigenvalue weighted by atomic mass is 13.6. The Labute approximate surface area is 50.9 Å². The van der Waals surface area contributed by atoms with E-state index in [-0.39, 0.29) is 0 Å². The van der Waals surface area contributed by atoms with Crippen molar-refractivity contribution in [2.45, 2.75) is 13.3 Å². The second-order valence-electron chi connectivity index (χ2n) is 1.30. The first-order valence-corrected chi connectivity index (χ1v) is 2.68. The maximum Gasteiger partial charge on any atom is -0.0155 e. The third-order valence-corrected chi connectivity index (χ3v) is 0.622. The fraction of sp³-hybridized carbons (Fsp3) is 0.250. The molecular weight excluding hydrogens is 96.1 g/mol. The molecule has 0 aliphatic rings. The molecule has 0 rings (SSSR count). The van der Waals surface area contributed by atoms with Crippen molar-refractivity contribution in [3.05, 3.63) is 24.8 Å². The Bertz CT molecular complexity index is 130. The van der Waals surface area contributed by atoms with E-state index in [2.05, 4.69) is 25.3 Å². The van der Waals surface area contributed by atoms with Crippen molar-refractivity contribution in [3.8, 4) is 11.8 Å². The minimum atomic E-state index is 1.05. The Hall–Kier alpha value is -0.960. The highest BCUT2D eigenvalue weighted by Gasteiger charge is 1.57. The van der Waals surface area contributed by atoms with Crippen LogP contribution in [0.25, 0.3) is 0 Å². The van der Waals surface area contributed by atoms with Crippen LogP contribution in [0, 0.1) is 11.8 Å². The van der Waals surface area contributed by atoms with E-state index in [1.54, 1.807) is 6.08 Å². The Morgan fingerprint density at radius 1 is 1.50 bits per heavy atom. The second kappa shape index (κ2) is 6.04. The van der Waals surface area contributed by atoms with Crippen molar-refractivity contribution in [3.63, 3.8) is 0 Å². The highest BCUT2D eigenvalue weighted by molar-refractivity contribution is 5.21. The smallest absolute Gasteiger partial charge is 0.0155 e. The van der Waals surface area contributed by atoms with Crippen molar-refractivity contribution in [2.75, 3.05) is 0 Å². The summed E-state index contributed by atoms with van der Waals surface area (Å²) < 4.78 is 0. The van der Waals surface area contributed by atoms with Crippen LogP contribution in [0.3, 0.4) is 0 Å². The molecule has 0 aliphatic heterocycles. The average molecular weight is 106 g/mol. The summed E-state index contributed by atoms with van der Waals surface area (Å²) >= 11 is 0. The fourth-order valence-electron chi connectivity index (χ4n) is 0.284. The van der Waals surface area contributed by atoms with Crippen LogP contribution in [0.15, 0.2) is 24.8 Å². The molecule has 0 unspecified atom stereocenters. The molecule has 0 spiro atoms. The first-order valence-electron chi connectivity index (χ1n) is 2.68. The van der Waals surface area contributed by atoms with Gasteiger partial charge in [0.1, 0.15) is 0 Å². The van der Waals surface area contributed by atoms with E-state index in [0.29, 0.717) is 0 Å². The van der Waals surface area contributed by atoms with E-state index in [9.17, 15) is 0 Å². The molecule has 0 atom stereocenters. The van der Waals surface area contributed by atoms with Crippen LogP contribution in [0.5, 0.6) is 0 Å². The molecule has 0 bridgehead atoms. The van der Waals surface area contributed by atoms with Crippen LogP contribution in [-0.4, -0.2) is 0 Å². The van der Waals surface area contributed by atoms with Crippen molar-refractivity contribution in [2.24, 2.45) is 0 Å². The summed E-state index contributed by atoms with van der Waals surface area (Å²) in [6, 6.07) is 0. The highest BCUT2D eigenvalue weighted by Crippen LogP contribution is 1.75. The van der Waals surface area contributed by atoms with Gasteiger partial charge in [0.05, 0.1) is 0 Å². The first-order chi connectivity index (χ1) is 3.91. The molecule has 0 N–H and O–H groups in total. The molecule has 8 heavy (non-hydrogen) atoms.